The highest BCUT2D eigenvalue weighted by atomic mass is 16.6. The highest BCUT2D eigenvalue weighted by molar-refractivity contribution is 6.08. The monoisotopic (exact) mass is 336 g/mol. The maximum Gasteiger partial charge on any atom is 0.344 e. The molecule has 0 heterocycles. The van der Waals surface area contributed by atoms with Crippen LogP contribution in [0.2, 0.25) is 0 Å². The molecule has 0 spiro atoms. The van der Waals surface area contributed by atoms with Gasteiger partial charge in [0.25, 0.3) is 0 Å². The number of benzene rings is 1. The number of nitrogens with two attached hydrogens (primary N) is 1. The first-order valence-electron chi connectivity index (χ1n) is 7.80. The molecule has 0 aliphatic rings. The number of rotatable bonds is 8. The molecule has 1 rings (SSSR count). The predicted octanol–water partition coefficient (Wildman–Crippen LogP) is 0.689. The summed E-state index contributed by atoms with van der Waals surface area (Å²) in [6.07, 6.45) is -0.0852. The van der Waals surface area contributed by atoms with Crippen LogP contribution in [0.1, 0.15) is 31.9 Å². The summed E-state index contributed by atoms with van der Waals surface area (Å²) in [6.45, 7) is 4.93. The Balaban J connectivity index is 3.33. The lowest BCUT2D eigenvalue weighted by Gasteiger charge is -2.29. The van der Waals surface area contributed by atoms with E-state index in [1.54, 1.807) is 32.0 Å². The van der Waals surface area contributed by atoms with Gasteiger partial charge in [0.05, 0.1) is 13.2 Å². The van der Waals surface area contributed by atoms with Crippen molar-refractivity contribution in [3.8, 4) is 0 Å². The van der Waals surface area contributed by atoms with Gasteiger partial charge in [-0.1, -0.05) is 24.3 Å². The van der Waals surface area contributed by atoms with Crippen LogP contribution in [0, 0.1) is 0 Å². The van der Waals surface area contributed by atoms with Crippen LogP contribution in [0.4, 0.5) is 0 Å². The number of ether oxygens (including phenoxy) is 2. The lowest BCUT2D eigenvalue weighted by atomic mass is 9.89. The van der Waals surface area contributed by atoms with Crippen LogP contribution in [0.25, 0.3) is 0 Å². The van der Waals surface area contributed by atoms with Crippen LogP contribution in [-0.2, 0) is 36.8 Å². The second-order valence-corrected chi connectivity index (χ2v) is 5.23. The van der Waals surface area contributed by atoms with Crippen molar-refractivity contribution < 1.29 is 23.9 Å². The minimum absolute atomic E-state index is 0.0718. The molecule has 3 N–H and O–H groups in total. The summed E-state index contributed by atoms with van der Waals surface area (Å²) in [4.78, 5) is 36.7. The summed E-state index contributed by atoms with van der Waals surface area (Å²) < 4.78 is 10.1. The van der Waals surface area contributed by atoms with Gasteiger partial charge in [0.2, 0.25) is 11.4 Å². The van der Waals surface area contributed by atoms with Gasteiger partial charge in [-0.05, 0) is 25.0 Å². The zero-order chi connectivity index (χ0) is 18.2. The summed E-state index contributed by atoms with van der Waals surface area (Å²) in [7, 11) is 0. The molecule has 132 valence electrons. The van der Waals surface area contributed by atoms with E-state index in [1.165, 1.54) is 6.92 Å². The Labute approximate surface area is 141 Å². The Morgan fingerprint density at radius 2 is 1.62 bits per heavy atom. The van der Waals surface area contributed by atoms with Crippen molar-refractivity contribution in [2.24, 2.45) is 5.73 Å². The maximum atomic E-state index is 12.5. The van der Waals surface area contributed by atoms with Crippen LogP contribution >= 0.6 is 0 Å². The van der Waals surface area contributed by atoms with Gasteiger partial charge < -0.3 is 20.5 Å². The van der Waals surface area contributed by atoms with Crippen molar-refractivity contribution in [1.29, 1.82) is 0 Å². The zero-order valence-corrected chi connectivity index (χ0v) is 14.3. The van der Waals surface area contributed by atoms with Crippen molar-refractivity contribution in [3.05, 3.63) is 35.4 Å². The van der Waals surface area contributed by atoms with Crippen molar-refractivity contribution in [2.45, 2.75) is 39.3 Å². The van der Waals surface area contributed by atoms with Gasteiger partial charge in [0, 0.05) is 19.9 Å². The second kappa shape index (κ2) is 9.02. The van der Waals surface area contributed by atoms with Crippen LogP contribution in [0.3, 0.4) is 0 Å². The summed E-state index contributed by atoms with van der Waals surface area (Å²) in [5, 5.41) is 2.43. The first kappa shape index (κ1) is 19.6. The molecule has 0 aliphatic heterocycles. The molecule has 7 heteroatoms. The van der Waals surface area contributed by atoms with Gasteiger partial charge in [0.1, 0.15) is 0 Å². The highest BCUT2D eigenvalue weighted by Gasteiger charge is 2.50. The number of hydrogen-bond acceptors (Lipinski definition) is 6. The Bertz CT molecular complexity index is 582. The minimum atomic E-state index is -1.93. The van der Waals surface area contributed by atoms with Gasteiger partial charge in [-0.25, -0.2) is 9.59 Å². The predicted molar refractivity (Wildman–Crippen MR) is 87.9 cm³/mol. The van der Waals surface area contributed by atoms with Gasteiger partial charge in [0.15, 0.2) is 0 Å². The molecule has 0 bridgehead atoms. The van der Waals surface area contributed by atoms with E-state index in [-0.39, 0.29) is 19.6 Å². The Hall–Kier alpha value is -2.41. The third kappa shape index (κ3) is 4.79. The van der Waals surface area contributed by atoms with Crippen molar-refractivity contribution in [3.63, 3.8) is 0 Å². The standard InChI is InChI=1S/C17H24N2O5/c1-4-23-15(21)17(19-12(3)20,16(22)24-5-2)10-13-7-6-8-14(9-13)11-18/h6-9H,4-5,10-11,18H2,1-3H3,(H,19,20). The molecule has 1 aromatic rings. The van der Waals surface area contributed by atoms with Crippen LogP contribution in [0.5, 0.6) is 0 Å². The van der Waals surface area contributed by atoms with E-state index in [1.807, 2.05) is 6.07 Å². The van der Waals surface area contributed by atoms with Crippen LogP contribution in [-0.4, -0.2) is 36.6 Å². The molecule has 0 atom stereocenters. The van der Waals surface area contributed by atoms with Gasteiger partial charge in [-0.2, -0.15) is 0 Å². The minimum Gasteiger partial charge on any atom is -0.464 e. The molecular weight excluding hydrogens is 312 g/mol. The number of carbonyl (C=O) groups is 3. The molecule has 1 aromatic carbocycles. The number of carbonyl (C=O) groups excluding carboxylic acids is 3. The zero-order valence-electron chi connectivity index (χ0n) is 14.3. The van der Waals surface area contributed by atoms with Crippen LogP contribution in [0.15, 0.2) is 24.3 Å². The smallest absolute Gasteiger partial charge is 0.344 e. The quantitative estimate of drug-likeness (QED) is 0.534. The molecule has 0 aliphatic carbocycles. The van der Waals surface area contributed by atoms with E-state index in [4.69, 9.17) is 15.2 Å². The lowest BCUT2D eigenvalue weighted by Crippen LogP contribution is -2.62. The van der Waals surface area contributed by atoms with Crippen molar-refractivity contribution >= 4 is 17.8 Å². The van der Waals surface area contributed by atoms with E-state index >= 15 is 0 Å². The fraction of sp³-hybridized carbons (Fsp3) is 0.471. The summed E-state index contributed by atoms with van der Waals surface area (Å²) in [5.41, 5.74) is 5.20. The van der Waals surface area contributed by atoms with E-state index in [9.17, 15) is 14.4 Å². The summed E-state index contributed by atoms with van der Waals surface area (Å²) in [5.74, 6) is -2.24. The summed E-state index contributed by atoms with van der Waals surface area (Å²) >= 11 is 0. The Kier molecular flexibility index (Phi) is 7.38. The van der Waals surface area contributed by atoms with Gasteiger partial charge in [-0.15, -0.1) is 0 Å². The van der Waals surface area contributed by atoms with Crippen molar-refractivity contribution in [2.75, 3.05) is 13.2 Å². The first-order valence-corrected chi connectivity index (χ1v) is 7.80. The Morgan fingerprint density at radius 3 is 2.08 bits per heavy atom. The Morgan fingerprint density at radius 1 is 1.08 bits per heavy atom. The largest absolute Gasteiger partial charge is 0.464 e. The second-order valence-electron chi connectivity index (χ2n) is 5.23. The van der Waals surface area contributed by atoms with Gasteiger partial charge in [-0.3, -0.25) is 4.79 Å². The van der Waals surface area contributed by atoms with E-state index in [2.05, 4.69) is 5.32 Å². The molecule has 0 saturated carbocycles. The SMILES string of the molecule is CCOC(=O)C(Cc1cccc(CN)c1)(NC(C)=O)C(=O)OCC. The van der Waals surface area contributed by atoms with Gasteiger partial charge >= 0.3 is 11.9 Å². The molecule has 0 saturated heterocycles. The number of esters is 2. The topological polar surface area (TPSA) is 108 Å². The van der Waals surface area contributed by atoms with Crippen LogP contribution < -0.4 is 11.1 Å². The third-order valence-electron chi connectivity index (χ3n) is 3.33. The van der Waals surface area contributed by atoms with Crippen molar-refractivity contribution in [1.82, 2.24) is 5.32 Å². The molecule has 0 fully saturated rings. The van der Waals surface area contributed by atoms with E-state index in [0.29, 0.717) is 12.1 Å². The average Bonchev–Trinajstić information content (AvgIpc) is 2.54. The normalized spacial score (nSPS) is 10.8. The fourth-order valence-corrected chi connectivity index (χ4v) is 2.36. The number of amides is 1. The van der Waals surface area contributed by atoms with E-state index in [0.717, 1.165) is 5.56 Å². The average molecular weight is 336 g/mol. The maximum absolute atomic E-state index is 12.5. The molecular formula is C17H24N2O5. The van der Waals surface area contributed by atoms with E-state index < -0.39 is 23.4 Å². The summed E-state index contributed by atoms with van der Waals surface area (Å²) in [6, 6.07) is 7.12. The number of hydrogen-bond donors (Lipinski definition) is 2. The lowest BCUT2D eigenvalue weighted by molar-refractivity contribution is -0.168. The first-order chi connectivity index (χ1) is 11.4. The number of nitrogens with one attached hydrogen (secondary N) is 1. The molecule has 7 nitrogen and oxygen atoms in total. The molecule has 0 unspecified atom stereocenters. The third-order valence-corrected chi connectivity index (χ3v) is 3.33. The molecule has 0 radical (unpaired) electrons. The molecule has 0 aromatic heterocycles. The highest BCUT2D eigenvalue weighted by Crippen LogP contribution is 2.20. The molecule has 1 amide bonds. The molecule has 24 heavy (non-hydrogen) atoms. The fourth-order valence-electron chi connectivity index (χ4n) is 2.36.